The molecule has 6 nitrogen and oxygen atoms in total. The Kier molecular flexibility index (Phi) is 7.75. The molecule has 1 amide bonds. The molecule has 1 saturated carbocycles. The Labute approximate surface area is 166 Å². The number of hydrogen-bond donors (Lipinski definition) is 4. The molecule has 2 bridgehead atoms. The van der Waals surface area contributed by atoms with Crippen molar-refractivity contribution in [1.29, 1.82) is 0 Å². The number of nitrogens with zero attached hydrogens (tertiary/aromatic N) is 1. The number of aromatic nitrogens is 1. The van der Waals surface area contributed by atoms with Gasteiger partial charge in [-0.15, -0.1) is 6.58 Å². The summed E-state index contributed by atoms with van der Waals surface area (Å²) >= 11 is 0. The fourth-order valence-corrected chi connectivity index (χ4v) is 3.58. The molecule has 4 rings (SSSR count). The summed E-state index contributed by atoms with van der Waals surface area (Å²) in [6.45, 7) is 6.29. The molecule has 2 aliphatic rings. The van der Waals surface area contributed by atoms with Gasteiger partial charge in [-0.1, -0.05) is 18.2 Å². The van der Waals surface area contributed by atoms with Gasteiger partial charge in [0.1, 0.15) is 11.6 Å². The molecule has 28 heavy (non-hydrogen) atoms. The normalized spacial score (nSPS) is 19.9. The highest BCUT2D eigenvalue weighted by Crippen LogP contribution is 2.36. The van der Waals surface area contributed by atoms with Crippen molar-refractivity contribution in [1.82, 2.24) is 9.88 Å². The van der Waals surface area contributed by atoms with Crippen molar-refractivity contribution in [3.63, 3.8) is 0 Å². The van der Waals surface area contributed by atoms with Crippen molar-refractivity contribution in [3.8, 4) is 5.75 Å². The third-order valence-corrected chi connectivity index (χ3v) is 4.93. The van der Waals surface area contributed by atoms with Crippen LogP contribution in [0.5, 0.6) is 5.75 Å². The van der Waals surface area contributed by atoms with E-state index in [4.69, 9.17) is 11.5 Å². The molecule has 6 N–H and O–H groups in total. The van der Waals surface area contributed by atoms with Gasteiger partial charge in [0.15, 0.2) is 0 Å². The largest absolute Gasteiger partial charge is 0.507 e. The van der Waals surface area contributed by atoms with Crippen LogP contribution in [-0.2, 0) is 4.79 Å². The first-order valence-electron chi connectivity index (χ1n) is 9.46. The minimum atomic E-state index is 0.158. The molecule has 2 aromatic rings. The van der Waals surface area contributed by atoms with E-state index in [0.717, 1.165) is 24.4 Å². The smallest absolute Gasteiger partial charge is 0.209 e. The molecule has 1 aromatic carbocycles. The summed E-state index contributed by atoms with van der Waals surface area (Å²) in [7, 11) is 0. The van der Waals surface area contributed by atoms with E-state index in [1.54, 1.807) is 36.5 Å². The zero-order valence-electron chi connectivity index (χ0n) is 16.3. The first kappa shape index (κ1) is 21.2. The Morgan fingerprint density at radius 3 is 2.50 bits per heavy atom. The summed E-state index contributed by atoms with van der Waals surface area (Å²) in [6.07, 6.45) is 10.1. The zero-order chi connectivity index (χ0) is 20.5. The van der Waals surface area contributed by atoms with E-state index in [1.807, 2.05) is 24.0 Å². The van der Waals surface area contributed by atoms with Crippen LogP contribution in [0.15, 0.2) is 49.2 Å². The van der Waals surface area contributed by atoms with E-state index in [0.29, 0.717) is 23.1 Å². The van der Waals surface area contributed by atoms with Gasteiger partial charge in [0, 0.05) is 35.6 Å². The van der Waals surface area contributed by atoms with E-state index in [9.17, 15) is 9.90 Å². The van der Waals surface area contributed by atoms with Crippen molar-refractivity contribution in [2.24, 2.45) is 11.7 Å². The van der Waals surface area contributed by atoms with Gasteiger partial charge in [-0.05, 0) is 56.4 Å². The molecular formula is C22H30N4O2. The average Bonchev–Trinajstić information content (AvgIpc) is 3.41. The number of likely N-dealkylation sites (tertiary alicyclic amines) is 1. The predicted molar refractivity (Wildman–Crippen MR) is 115 cm³/mol. The summed E-state index contributed by atoms with van der Waals surface area (Å²) in [5.74, 6) is 1.56. The summed E-state index contributed by atoms with van der Waals surface area (Å²) < 4.78 is 0. The highest BCUT2D eigenvalue weighted by molar-refractivity contribution is 5.84. The second-order valence-electron chi connectivity index (χ2n) is 7.01. The van der Waals surface area contributed by atoms with Crippen LogP contribution in [0.2, 0.25) is 0 Å². The van der Waals surface area contributed by atoms with Crippen LogP contribution < -0.4 is 11.5 Å². The number of allylic oxidation sites excluding steroid dienone is 1. The number of nitrogens with one attached hydrogen (secondary N) is 1. The van der Waals surface area contributed by atoms with Gasteiger partial charge in [0.2, 0.25) is 6.41 Å². The molecule has 1 unspecified atom stereocenters. The number of amides is 1. The predicted octanol–water partition coefficient (Wildman–Crippen LogP) is 3.58. The number of aromatic hydroxyl groups is 1. The summed E-state index contributed by atoms with van der Waals surface area (Å²) in [4.78, 5) is 15.1. The van der Waals surface area contributed by atoms with Gasteiger partial charge >= 0.3 is 0 Å². The Morgan fingerprint density at radius 2 is 2.04 bits per heavy atom. The maximum Gasteiger partial charge on any atom is 0.209 e. The number of para-hydroxylation sites is 1. The number of phenolic OH excluding ortho intramolecular Hbond substituents is 1. The number of H-pyrrole nitrogens is 1. The van der Waals surface area contributed by atoms with Gasteiger partial charge < -0.3 is 26.5 Å². The average molecular weight is 383 g/mol. The molecule has 2 heterocycles. The second-order valence-corrected chi connectivity index (χ2v) is 7.01. The van der Waals surface area contributed by atoms with Crippen molar-refractivity contribution in [2.45, 2.75) is 32.2 Å². The minimum Gasteiger partial charge on any atom is -0.507 e. The SMILES string of the molecule is C=CC.N/C(=C\c1cc[nH]c1N)c1ccccc1O.O=CN1C[C@H]2CCC1C2. The summed E-state index contributed by atoms with van der Waals surface area (Å²) in [5, 5.41) is 9.62. The highest BCUT2D eigenvalue weighted by atomic mass is 16.3. The number of nitrogens with two attached hydrogens (primary N) is 2. The number of rotatable bonds is 3. The van der Waals surface area contributed by atoms with E-state index < -0.39 is 0 Å². The van der Waals surface area contributed by atoms with Gasteiger partial charge in [-0.2, -0.15) is 0 Å². The number of carbonyl (C=O) groups is 1. The number of piperidine rings is 1. The lowest BCUT2D eigenvalue weighted by Crippen LogP contribution is -2.30. The Morgan fingerprint density at radius 1 is 1.32 bits per heavy atom. The first-order valence-corrected chi connectivity index (χ1v) is 9.46. The number of carbonyl (C=O) groups excluding carboxylic acids is 1. The minimum absolute atomic E-state index is 0.158. The van der Waals surface area contributed by atoms with E-state index >= 15 is 0 Å². The third kappa shape index (κ3) is 5.42. The number of aromatic amines is 1. The molecule has 1 aliphatic carbocycles. The van der Waals surface area contributed by atoms with Crippen LogP contribution in [0.3, 0.4) is 0 Å². The van der Waals surface area contributed by atoms with Crippen LogP contribution in [-0.4, -0.2) is 34.0 Å². The topological polar surface area (TPSA) is 108 Å². The maximum absolute atomic E-state index is 10.3. The summed E-state index contributed by atoms with van der Waals surface area (Å²) in [6, 6.07) is 9.35. The molecule has 1 saturated heterocycles. The lowest BCUT2D eigenvalue weighted by molar-refractivity contribution is -0.119. The second kappa shape index (κ2) is 10.3. The van der Waals surface area contributed by atoms with Crippen LogP contribution in [0.1, 0.15) is 37.3 Å². The van der Waals surface area contributed by atoms with Gasteiger partial charge in [-0.3, -0.25) is 4.79 Å². The number of hydrogen-bond acceptors (Lipinski definition) is 4. The fraction of sp³-hybridized carbons (Fsp3) is 0.318. The molecule has 150 valence electrons. The van der Waals surface area contributed by atoms with Crippen LogP contribution >= 0.6 is 0 Å². The van der Waals surface area contributed by atoms with Crippen LogP contribution in [0, 0.1) is 5.92 Å². The molecule has 1 aliphatic heterocycles. The van der Waals surface area contributed by atoms with Crippen molar-refractivity contribution >= 4 is 24.0 Å². The van der Waals surface area contributed by atoms with Crippen molar-refractivity contribution in [2.75, 3.05) is 12.3 Å². The molecule has 1 aromatic heterocycles. The van der Waals surface area contributed by atoms with Crippen molar-refractivity contribution < 1.29 is 9.90 Å². The first-order chi connectivity index (χ1) is 13.5. The number of phenols is 1. The van der Waals surface area contributed by atoms with Crippen LogP contribution in [0.4, 0.5) is 5.82 Å². The molecular weight excluding hydrogens is 352 g/mol. The van der Waals surface area contributed by atoms with Gasteiger partial charge in [0.25, 0.3) is 0 Å². The van der Waals surface area contributed by atoms with Gasteiger partial charge in [0.05, 0.1) is 0 Å². The van der Waals surface area contributed by atoms with E-state index in [2.05, 4.69) is 11.6 Å². The van der Waals surface area contributed by atoms with Crippen LogP contribution in [0.25, 0.3) is 11.8 Å². The Bertz CT molecular complexity index is 812. The molecule has 0 radical (unpaired) electrons. The molecule has 6 heteroatoms. The Hall–Kier alpha value is -3.15. The number of benzene rings is 1. The lowest BCUT2D eigenvalue weighted by atomic mass is 10.1. The van der Waals surface area contributed by atoms with E-state index in [-0.39, 0.29) is 5.75 Å². The number of nitrogen functional groups attached to an aromatic ring is 1. The molecule has 2 atom stereocenters. The fourth-order valence-electron chi connectivity index (χ4n) is 3.58. The monoisotopic (exact) mass is 382 g/mol. The zero-order valence-corrected chi connectivity index (χ0v) is 16.3. The standard InChI is InChI=1S/C12H13N3O.C7H11NO.C3H6/c13-10(7-8-5-6-15-12(8)14)9-3-1-2-4-11(9)16;9-5-8-4-6-1-2-7(8)3-6;1-3-2/h1-7,15-16H,13-14H2;5-7H,1-4H2;3H,1H2,2H3/b10-7-;;/t;6-,7?;/m.0./s1. The number of fused-ring (bicyclic) bond motifs is 2. The van der Waals surface area contributed by atoms with E-state index in [1.165, 1.54) is 19.3 Å². The highest BCUT2D eigenvalue weighted by Gasteiger charge is 2.36. The summed E-state index contributed by atoms with van der Waals surface area (Å²) in [5.41, 5.74) is 13.5. The molecule has 2 fully saturated rings. The quantitative estimate of drug-likeness (QED) is 0.480. The van der Waals surface area contributed by atoms with Gasteiger partial charge in [-0.25, -0.2) is 0 Å². The Balaban J connectivity index is 0.000000196. The lowest BCUT2D eigenvalue weighted by Gasteiger charge is -2.21. The third-order valence-electron chi connectivity index (χ3n) is 4.93. The molecule has 0 spiro atoms. The van der Waals surface area contributed by atoms with Crippen molar-refractivity contribution in [3.05, 3.63) is 60.3 Å². The maximum atomic E-state index is 10.3. The number of anilines is 1.